The summed E-state index contributed by atoms with van der Waals surface area (Å²) < 4.78 is 24.3. The Bertz CT molecular complexity index is 1130. The van der Waals surface area contributed by atoms with E-state index < -0.39 is 21.9 Å². The van der Waals surface area contributed by atoms with Gasteiger partial charge in [0.1, 0.15) is 0 Å². The van der Waals surface area contributed by atoms with E-state index in [0.29, 0.717) is 9.75 Å². The molecule has 4 N–H and O–H groups in total. The van der Waals surface area contributed by atoms with Gasteiger partial charge < -0.3 is 10.4 Å². The van der Waals surface area contributed by atoms with Crippen LogP contribution in [0.1, 0.15) is 24.9 Å². The number of aromatic carboxylic acids is 1. The fourth-order valence-corrected chi connectivity index (χ4v) is 4.90. The second-order valence-electron chi connectivity index (χ2n) is 5.59. The van der Waals surface area contributed by atoms with Crippen LogP contribution < -0.4 is 10.5 Å². The van der Waals surface area contributed by atoms with Crippen LogP contribution in [0.5, 0.6) is 0 Å². The van der Waals surface area contributed by atoms with Gasteiger partial charge in [-0.15, -0.1) is 22.7 Å². The third-order valence-electron chi connectivity index (χ3n) is 3.64. The molecule has 2 heterocycles. The minimum Gasteiger partial charge on any atom is -0.478 e. The van der Waals surface area contributed by atoms with Crippen molar-refractivity contribution in [2.45, 2.75) is 11.8 Å². The summed E-state index contributed by atoms with van der Waals surface area (Å²) in [5.41, 5.74) is -0.0535. The average Bonchev–Trinajstić information content (AvgIpc) is 3.24. The SMILES string of the molecule is Cc1ccc(-c2c(NC(=O)c3cccs3)cc(C(=O)O)cc2S(N)(=O)=O)s1. The van der Waals surface area contributed by atoms with Crippen LogP contribution in [0.25, 0.3) is 10.4 Å². The predicted molar refractivity (Wildman–Crippen MR) is 105 cm³/mol. The van der Waals surface area contributed by atoms with Crippen molar-refractivity contribution in [1.82, 2.24) is 0 Å². The molecule has 10 heteroatoms. The Morgan fingerprint density at radius 1 is 1.19 bits per heavy atom. The molecule has 0 aliphatic heterocycles. The van der Waals surface area contributed by atoms with Gasteiger partial charge in [0.2, 0.25) is 10.0 Å². The zero-order valence-electron chi connectivity index (χ0n) is 13.9. The first-order chi connectivity index (χ1) is 12.7. The van der Waals surface area contributed by atoms with E-state index in [0.717, 1.165) is 10.9 Å². The highest BCUT2D eigenvalue weighted by molar-refractivity contribution is 7.89. The van der Waals surface area contributed by atoms with Crippen molar-refractivity contribution in [3.05, 3.63) is 57.1 Å². The van der Waals surface area contributed by atoms with Crippen LogP contribution in [0.4, 0.5) is 5.69 Å². The Labute approximate surface area is 163 Å². The summed E-state index contributed by atoms with van der Waals surface area (Å²) in [4.78, 5) is 25.5. The van der Waals surface area contributed by atoms with Gasteiger partial charge in [0.05, 0.1) is 21.0 Å². The van der Waals surface area contributed by atoms with Crippen LogP contribution in [0.15, 0.2) is 46.7 Å². The summed E-state index contributed by atoms with van der Waals surface area (Å²) in [5.74, 6) is -1.80. The van der Waals surface area contributed by atoms with E-state index in [2.05, 4.69) is 5.32 Å². The topological polar surface area (TPSA) is 127 Å². The predicted octanol–water partition coefficient (Wildman–Crippen LogP) is 3.38. The molecule has 2 aromatic heterocycles. The Balaban J connectivity index is 2.26. The second-order valence-corrected chi connectivity index (χ2v) is 9.35. The Hall–Kier alpha value is -2.53. The number of hydrogen-bond donors (Lipinski definition) is 3. The summed E-state index contributed by atoms with van der Waals surface area (Å²) in [5, 5.41) is 19.0. The molecule has 1 amide bonds. The number of hydrogen-bond acceptors (Lipinski definition) is 6. The zero-order chi connectivity index (χ0) is 19.8. The quantitative estimate of drug-likeness (QED) is 0.581. The van der Waals surface area contributed by atoms with Gasteiger partial charge in [0, 0.05) is 15.3 Å². The number of anilines is 1. The van der Waals surface area contributed by atoms with Crippen LogP contribution >= 0.6 is 22.7 Å². The molecule has 0 unspecified atom stereocenters. The maximum absolute atomic E-state index is 12.5. The molecule has 0 atom stereocenters. The molecule has 140 valence electrons. The fourth-order valence-electron chi connectivity index (χ4n) is 2.48. The molecule has 0 aliphatic carbocycles. The number of nitrogens with two attached hydrogens (primary N) is 1. The number of benzene rings is 1. The summed E-state index contributed by atoms with van der Waals surface area (Å²) in [6.07, 6.45) is 0. The minimum absolute atomic E-state index is 0.0687. The molecule has 27 heavy (non-hydrogen) atoms. The molecule has 0 aliphatic rings. The van der Waals surface area contributed by atoms with Crippen molar-refractivity contribution in [2.24, 2.45) is 5.14 Å². The molecular formula is C17H14N2O5S3. The monoisotopic (exact) mass is 422 g/mol. The van der Waals surface area contributed by atoms with Gasteiger partial charge in [0.25, 0.3) is 5.91 Å². The van der Waals surface area contributed by atoms with Crippen molar-refractivity contribution < 1.29 is 23.1 Å². The largest absolute Gasteiger partial charge is 0.478 e. The number of aryl methyl sites for hydroxylation is 1. The lowest BCUT2D eigenvalue weighted by atomic mass is 10.1. The zero-order valence-corrected chi connectivity index (χ0v) is 16.4. The summed E-state index contributed by atoms with van der Waals surface area (Å²) in [7, 11) is -4.25. The normalized spacial score (nSPS) is 11.3. The average molecular weight is 423 g/mol. The minimum atomic E-state index is -4.25. The van der Waals surface area contributed by atoms with Gasteiger partial charge in [-0.3, -0.25) is 4.79 Å². The van der Waals surface area contributed by atoms with E-state index in [1.54, 1.807) is 29.6 Å². The van der Waals surface area contributed by atoms with Gasteiger partial charge in [-0.05, 0) is 42.6 Å². The molecular weight excluding hydrogens is 408 g/mol. The highest BCUT2D eigenvalue weighted by Crippen LogP contribution is 2.39. The second kappa shape index (κ2) is 7.24. The lowest BCUT2D eigenvalue weighted by Gasteiger charge is -2.15. The van der Waals surface area contributed by atoms with Crippen LogP contribution in [0.2, 0.25) is 0 Å². The number of carboxylic acid groups (broad SMARTS) is 1. The first kappa shape index (κ1) is 19.2. The van der Waals surface area contributed by atoms with Gasteiger partial charge >= 0.3 is 5.97 Å². The van der Waals surface area contributed by atoms with Crippen LogP contribution in [-0.4, -0.2) is 25.4 Å². The number of sulfonamides is 1. The molecule has 0 bridgehead atoms. The molecule has 3 rings (SSSR count). The summed E-state index contributed by atoms with van der Waals surface area (Å²) in [6, 6.07) is 9.03. The molecule has 0 saturated heterocycles. The summed E-state index contributed by atoms with van der Waals surface area (Å²) in [6.45, 7) is 1.85. The number of carboxylic acids is 1. The van der Waals surface area contributed by atoms with Gasteiger partial charge in [-0.25, -0.2) is 18.4 Å². The van der Waals surface area contributed by atoms with E-state index in [1.807, 2.05) is 6.92 Å². The maximum atomic E-state index is 12.5. The van der Waals surface area contributed by atoms with Crippen molar-refractivity contribution in [1.29, 1.82) is 0 Å². The number of rotatable bonds is 5. The molecule has 0 radical (unpaired) electrons. The first-order valence-corrected chi connectivity index (χ1v) is 10.8. The number of carbonyl (C=O) groups is 2. The Morgan fingerprint density at radius 2 is 1.93 bits per heavy atom. The molecule has 0 fully saturated rings. The molecule has 7 nitrogen and oxygen atoms in total. The van der Waals surface area contributed by atoms with Gasteiger partial charge in [0.15, 0.2) is 0 Å². The Kier molecular flexibility index (Phi) is 5.16. The highest BCUT2D eigenvalue weighted by atomic mass is 32.2. The van der Waals surface area contributed by atoms with Crippen LogP contribution in [-0.2, 0) is 10.0 Å². The Morgan fingerprint density at radius 3 is 2.44 bits per heavy atom. The van der Waals surface area contributed by atoms with E-state index in [4.69, 9.17) is 5.14 Å². The smallest absolute Gasteiger partial charge is 0.335 e. The lowest BCUT2D eigenvalue weighted by molar-refractivity contribution is 0.0696. The number of thiophene rings is 2. The van der Waals surface area contributed by atoms with Crippen LogP contribution in [0, 0.1) is 6.92 Å². The number of amides is 1. The van der Waals surface area contributed by atoms with Crippen molar-refractivity contribution >= 4 is 50.3 Å². The number of carbonyl (C=O) groups excluding carboxylic acids is 1. The van der Waals surface area contributed by atoms with Crippen molar-refractivity contribution in [3.8, 4) is 10.4 Å². The maximum Gasteiger partial charge on any atom is 0.335 e. The third kappa shape index (κ3) is 4.08. The van der Waals surface area contributed by atoms with E-state index in [1.165, 1.54) is 28.7 Å². The third-order valence-corrected chi connectivity index (χ3v) is 6.46. The van der Waals surface area contributed by atoms with Gasteiger partial charge in [-0.1, -0.05) is 6.07 Å². The standard InChI is InChI=1S/C17H14N2O5S3/c1-9-4-5-12(26-9)15-11(19-16(20)13-3-2-6-25-13)7-10(17(21)22)8-14(15)27(18,23)24/h2-8H,1H3,(H,19,20)(H,21,22)(H2,18,23,24). The molecule has 0 spiro atoms. The van der Waals surface area contributed by atoms with E-state index in [-0.39, 0.29) is 21.7 Å². The number of nitrogens with one attached hydrogen (secondary N) is 1. The molecule has 0 saturated carbocycles. The summed E-state index contributed by atoms with van der Waals surface area (Å²) >= 11 is 2.52. The molecule has 1 aromatic carbocycles. The van der Waals surface area contributed by atoms with Gasteiger partial charge in [-0.2, -0.15) is 0 Å². The number of primary sulfonamides is 1. The van der Waals surface area contributed by atoms with Crippen LogP contribution in [0.3, 0.4) is 0 Å². The van der Waals surface area contributed by atoms with Crippen molar-refractivity contribution in [2.75, 3.05) is 5.32 Å². The fraction of sp³-hybridized carbons (Fsp3) is 0.0588. The lowest BCUT2D eigenvalue weighted by Crippen LogP contribution is -2.18. The first-order valence-electron chi connectivity index (χ1n) is 7.52. The van der Waals surface area contributed by atoms with E-state index >= 15 is 0 Å². The van der Waals surface area contributed by atoms with E-state index in [9.17, 15) is 23.1 Å². The molecule has 3 aromatic rings. The van der Waals surface area contributed by atoms with Crippen molar-refractivity contribution in [3.63, 3.8) is 0 Å². The highest BCUT2D eigenvalue weighted by Gasteiger charge is 2.24.